The van der Waals surface area contributed by atoms with E-state index in [4.69, 9.17) is 0 Å². The van der Waals surface area contributed by atoms with Crippen molar-refractivity contribution in [2.45, 2.75) is 11.8 Å². The zero-order valence-electron chi connectivity index (χ0n) is 13.9. The highest BCUT2D eigenvalue weighted by atomic mass is 32.2. The van der Waals surface area contributed by atoms with Crippen LogP contribution in [0.5, 0.6) is 0 Å². The lowest BCUT2D eigenvalue weighted by Gasteiger charge is -2.12. The number of benzene rings is 2. The molecule has 0 saturated heterocycles. The predicted octanol–water partition coefficient (Wildman–Crippen LogP) is 4.47. The summed E-state index contributed by atoms with van der Waals surface area (Å²) in [4.78, 5) is 10.0. The number of hydrogen-bond acceptors (Lipinski definition) is 5. The zero-order valence-corrected chi connectivity index (χ0v) is 15.5. The molecule has 26 heavy (non-hydrogen) atoms. The summed E-state index contributed by atoms with van der Waals surface area (Å²) < 4.78 is 27.9. The summed E-state index contributed by atoms with van der Waals surface area (Å²) in [6, 6.07) is 17.6. The van der Waals surface area contributed by atoms with E-state index in [1.807, 2.05) is 31.2 Å². The van der Waals surface area contributed by atoms with Gasteiger partial charge in [0.05, 0.1) is 10.6 Å². The van der Waals surface area contributed by atoms with Crippen molar-refractivity contribution >= 4 is 37.4 Å². The minimum atomic E-state index is -3.64. The van der Waals surface area contributed by atoms with Gasteiger partial charge in [-0.2, -0.15) is 0 Å². The monoisotopic (exact) mass is 381 g/mol. The van der Waals surface area contributed by atoms with E-state index in [0.717, 1.165) is 26.5 Å². The van der Waals surface area contributed by atoms with E-state index >= 15 is 0 Å². The second-order valence-corrected chi connectivity index (χ2v) is 8.40. The molecule has 5 nitrogen and oxygen atoms in total. The van der Waals surface area contributed by atoms with Crippen molar-refractivity contribution in [3.05, 3.63) is 72.4 Å². The number of nitrogens with zero attached hydrogens (tertiary/aromatic N) is 2. The second-order valence-electron chi connectivity index (χ2n) is 5.74. The Kier molecular flexibility index (Phi) is 4.18. The summed E-state index contributed by atoms with van der Waals surface area (Å²) >= 11 is 1.49. The molecule has 0 aliphatic heterocycles. The van der Waals surface area contributed by atoms with Crippen LogP contribution in [0.15, 0.2) is 71.8 Å². The first-order valence-corrected chi connectivity index (χ1v) is 10.2. The molecular weight excluding hydrogens is 366 g/mol. The average Bonchev–Trinajstić information content (AvgIpc) is 3.08. The third-order valence-electron chi connectivity index (χ3n) is 4.03. The van der Waals surface area contributed by atoms with E-state index in [9.17, 15) is 8.42 Å². The predicted molar refractivity (Wildman–Crippen MR) is 105 cm³/mol. The van der Waals surface area contributed by atoms with Gasteiger partial charge in [0.2, 0.25) is 0 Å². The number of rotatable bonds is 4. The third kappa shape index (κ3) is 3.07. The van der Waals surface area contributed by atoms with Crippen molar-refractivity contribution in [1.29, 1.82) is 0 Å². The molecule has 7 heteroatoms. The first-order chi connectivity index (χ1) is 12.5. The molecule has 2 heterocycles. The van der Waals surface area contributed by atoms with Gasteiger partial charge in [-0.3, -0.25) is 4.72 Å². The number of fused-ring (bicyclic) bond motifs is 1. The van der Waals surface area contributed by atoms with Gasteiger partial charge in [-0.25, -0.2) is 18.4 Å². The summed E-state index contributed by atoms with van der Waals surface area (Å²) in [5, 5.41) is 0.817. The Balaban J connectivity index is 1.74. The molecule has 2 aromatic carbocycles. The van der Waals surface area contributed by atoms with Gasteiger partial charge < -0.3 is 0 Å². The van der Waals surface area contributed by atoms with Crippen LogP contribution in [0.1, 0.15) is 5.56 Å². The standard InChI is InChI=1S/C19H15N3O2S2/c1-13-15(18-21-17-11-6-12-20-19(17)25-18)9-5-10-16(13)22-26(23,24)14-7-3-2-4-8-14/h2-12,22H,1H3. The Morgan fingerprint density at radius 3 is 2.54 bits per heavy atom. The highest BCUT2D eigenvalue weighted by molar-refractivity contribution is 7.92. The van der Waals surface area contributed by atoms with Gasteiger partial charge in [-0.05, 0) is 42.8 Å². The van der Waals surface area contributed by atoms with Crippen LogP contribution in [-0.4, -0.2) is 18.4 Å². The molecule has 2 aromatic heterocycles. The zero-order chi connectivity index (χ0) is 18.1. The molecule has 0 fully saturated rings. The quantitative estimate of drug-likeness (QED) is 0.566. The number of sulfonamides is 1. The average molecular weight is 381 g/mol. The summed E-state index contributed by atoms with van der Waals surface area (Å²) in [7, 11) is -3.64. The molecule has 0 spiro atoms. The molecule has 0 saturated carbocycles. The molecule has 4 rings (SSSR count). The van der Waals surface area contributed by atoms with Gasteiger partial charge >= 0.3 is 0 Å². The maximum Gasteiger partial charge on any atom is 0.261 e. The molecule has 0 aliphatic carbocycles. The van der Waals surface area contributed by atoms with Gasteiger partial charge in [0, 0.05) is 11.8 Å². The van der Waals surface area contributed by atoms with E-state index in [1.165, 1.54) is 11.3 Å². The first-order valence-electron chi connectivity index (χ1n) is 7.94. The fraction of sp³-hybridized carbons (Fsp3) is 0.0526. The first kappa shape index (κ1) is 16.7. The van der Waals surface area contributed by atoms with Crippen LogP contribution in [0.2, 0.25) is 0 Å². The third-order valence-corrected chi connectivity index (χ3v) is 6.42. The van der Waals surface area contributed by atoms with Gasteiger partial charge in [-0.1, -0.05) is 41.7 Å². The fourth-order valence-electron chi connectivity index (χ4n) is 2.67. The lowest BCUT2D eigenvalue weighted by molar-refractivity contribution is 0.601. The number of anilines is 1. The van der Waals surface area contributed by atoms with E-state index in [0.29, 0.717) is 5.69 Å². The van der Waals surface area contributed by atoms with Crippen molar-refractivity contribution in [3.63, 3.8) is 0 Å². The molecule has 0 aliphatic rings. The normalized spacial score (nSPS) is 11.6. The van der Waals surface area contributed by atoms with Crippen LogP contribution in [0.4, 0.5) is 5.69 Å². The van der Waals surface area contributed by atoms with Crippen LogP contribution in [0.3, 0.4) is 0 Å². The van der Waals surface area contributed by atoms with Crippen LogP contribution in [0.25, 0.3) is 20.9 Å². The Hall–Kier alpha value is -2.77. The molecule has 130 valence electrons. The van der Waals surface area contributed by atoms with Crippen LogP contribution < -0.4 is 4.72 Å². The molecule has 0 atom stereocenters. The maximum absolute atomic E-state index is 12.6. The number of hydrogen-bond donors (Lipinski definition) is 1. The molecule has 1 N–H and O–H groups in total. The summed E-state index contributed by atoms with van der Waals surface area (Å²) in [5.41, 5.74) is 3.09. The highest BCUT2D eigenvalue weighted by Crippen LogP contribution is 2.34. The van der Waals surface area contributed by atoms with Crippen molar-refractivity contribution < 1.29 is 8.42 Å². The Labute approximate surface area is 155 Å². The van der Waals surface area contributed by atoms with Crippen molar-refractivity contribution in [2.75, 3.05) is 4.72 Å². The van der Waals surface area contributed by atoms with Crippen molar-refractivity contribution in [1.82, 2.24) is 9.97 Å². The summed E-state index contributed by atoms with van der Waals surface area (Å²) in [6.07, 6.45) is 1.74. The largest absolute Gasteiger partial charge is 0.279 e. The van der Waals surface area contributed by atoms with E-state index < -0.39 is 10.0 Å². The van der Waals surface area contributed by atoms with Gasteiger partial charge in [0.1, 0.15) is 15.4 Å². The van der Waals surface area contributed by atoms with Gasteiger partial charge in [-0.15, -0.1) is 0 Å². The minimum Gasteiger partial charge on any atom is -0.279 e. The van der Waals surface area contributed by atoms with Gasteiger partial charge in [0.25, 0.3) is 10.0 Å². The highest BCUT2D eigenvalue weighted by Gasteiger charge is 2.17. The number of pyridine rings is 1. The summed E-state index contributed by atoms with van der Waals surface area (Å²) in [6.45, 7) is 1.89. The molecule has 0 unspecified atom stereocenters. The van der Waals surface area contributed by atoms with E-state index in [2.05, 4.69) is 14.7 Å². The van der Waals surface area contributed by atoms with Crippen LogP contribution in [0, 0.1) is 6.92 Å². The Morgan fingerprint density at radius 2 is 1.77 bits per heavy atom. The van der Waals surface area contributed by atoms with Crippen molar-refractivity contribution in [3.8, 4) is 10.6 Å². The molecular formula is C19H15N3O2S2. The van der Waals surface area contributed by atoms with Crippen LogP contribution in [-0.2, 0) is 10.0 Å². The molecule has 4 aromatic rings. The van der Waals surface area contributed by atoms with E-state index in [-0.39, 0.29) is 4.90 Å². The van der Waals surface area contributed by atoms with Crippen molar-refractivity contribution in [2.24, 2.45) is 0 Å². The SMILES string of the molecule is Cc1c(NS(=O)(=O)c2ccccc2)cccc1-c1nc2cccnc2s1. The van der Waals surface area contributed by atoms with Crippen LogP contribution >= 0.6 is 11.3 Å². The molecule has 0 amide bonds. The number of thiazole rings is 1. The smallest absolute Gasteiger partial charge is 0.261 e. The maximum atomic E-state index is 12.6. The fourth-order valence-corrected chi connectivity index (χ4v) is 4.80. The lowest BCUT2D eigenvalue weighted by atomic mass is 10.1. The van der Waals surface area contributed by atoms with E-state index in [1.54, 1.807) is 42.6 Å². The molecule has 0 bridgehead atoms. The second kappa shape index (κ2) is 6.51. The topological polar surface area (TPSA) is 72.0 Å². The molecule has 0 radical (unpaired) electrons. The van der Waals surface area contributed by atoms with Gasteiger partial charge in [0.15, 0.2) is 0 Å². The summed E-state index contributed by atoms with van der Waals surface area (Å²) in [5.74, 6) is 0. The number of nitrogens with one attached hydrogen (secondary N) is 1. The Bertz CT molecular complexity index is 1150. The lowest BCUT2D eigenvalue weighted by Crippen LogP contribution is -2.13. The number of aromatic nitrogens is 2. The minimum absolute atomic E-state index is 0.231. The Morgan fingerprint density at radius 1 is 0.962 bits per heavy atom.